The summed E-state index contributed by atoms with van der Waals surface area (Å²) in [6.45, 7) is 2.62. The zero-order valence-electron chi connectivity index (χ0n) is 13.3. The first-order chi connectivity index (χ1) is 11.6. The fourth-order valence-electron chi connectivity index (χ4n) is 3.06. The number of likely N-dealkylation sites (tertiary alicyclic amines) is 1. The highest BCUT2D eigenvalue weighted by Gasteiger charge is 2.26. The van der Waals surface area contributed by atoms with Gasteiger partial charge in [0.2, 0.25) is 5.91 Å². The van der Waals surface area contributed by atoms with Crippen LogP contribution in [0.15, 0.2) is 48.5 Å². The Kier molecular flexibility index (Phi) is 5.77. The van der Waals surface area contributed by atoms with Crippen LogP contribution in [-0.2, 0) is 11.3 Å². The highest BCUT2D eigenvalue weighted by Crippen LogP contribution is 2.24. The lowest BCUT2D eigenvalue weighted by Crippen LogP contribution is -2.40. The largest absolute Gasteiger partial charge is 0.324 e. The molecule has 126 valence electrons. The van der Waals surface area contributed by atoms with Gasteiger partial charge in [0.1, 0.15) is 0 Å². The van der Waals surface area contributed by atoms with Crippen LogP contribution in [0, 0.1) is 5.92 Å². The molecule has 1 atom stereocenters. The summed E-state index contributed by atoms with van der Waals surface area (Å²) < 4.78 is 0. The fraction of sp³-hybridized carbons (Fsp3) is 0.316. The number of benzene rings is 2. The number of anilines is 1. The molecule has 1 amide bonds. The van der Waals surface area contributed by atoms with E-state index in [1.165, 1.54) is 5.56 Å². The molecular formula is C19H20Cl2N2O. The van der Waals surface area contributed by atoms with Crippen molar-refractivity contribution in [3.05, 3.63) is 64.1 Å². The van der Waals surface area contributed by atoms with Crippen LogP contribution in [-0.4, -0.2) is 23.9 Å². The molecule has 0 radical (unpaired) electrons. The Hall–Kier alpha value is -1.55. The Balaban J connectivity index is 1.59. The predicted octanol–water partition coefficient (Wildman–Crippen LogP) is 4.84. The first-order valence-corrected chi connectivity index (χ1v) is 8.89. The third kappa shape index (κ3) is 4.50. The Morgan fingerprint density at radius 1 is 1.12 bits per heavy atom. The van der Waals surface area contributed by atoms with Crippen molar-refractivity contribution >= 4 is 34.8 Å². The fourth-order valence-corrected chi connectivity index (χ4v) is 3.37. The van der Waals surface area contributed by atoms with Gasteiger partial charge in [0.25, 0.3) is 0 Å². The highest BCUT2D eigenvalue weighted by atomic mass is 35.5. The molecule has 0 saturated carbocycles. The summed E-state index contributed by atoms with van der Waals surface area (Å²) >= 11 is 12.1. The van der Waals surface area contributed by atoms with Crippen molar-refractivity contribution < 1.29 is 4.79 Å². The number of nitrogens with one attached hydrogen (secondary N) is 1. The lowest BCUT2D eigenvalue weighted by molar-refractivity contribution is -0.121. The van der Waals surface area contributed by atoms with Crippen molar-refractivity contribution in [1.29, 1.82) is 0 Å². The van der Waals surface area contributed by atoms with Gasteiger partial charge in [-0.3, -0.25) is 9.69 Å². The number of hydrogen-bond donors (Lipinski definition) is 1. The van der Waals surface area contributed by atoms with Gasteiger partial charge in [-0.15, -0.1) is 0 Å². The number of carbonyl (C=O) groups excluding carboxylic acids is 1. The molecule has 0 aliphatic carbocycles. The van der Waals surface area contributed by atoms with Gasteiger partial charge in [-0.05, 0) is 49.2 Å². The van der Waals surface area contributed by atoms with E-state index in [1.807, 2.05) is 42.5 Å². The van der Waals surface area contributed by atoms with Gasteiger partial charge in [-0.1, -0.05) is 47.5 Å². The summed E-state index contributed by atoms with van der Waals surface area (Å²) in [5.41, 5.74) is 1.89. The average molecular weight is 363 g/mol. The Bertz CT molecular complexity index is 703. The second kappa shape index (κ2) is 8.02. The normalized spacial score (nSPS) is 18.3. The molecule has 3 nitrogen and oxygen atoms in total. The summed E-state index contributed by atoms with van der Waals surface area (Å²) in [4.78, 5) is 14.9. The first-order valence-electron chi connectivity index (χ1n) is 8.14. The van der Waals surface area contributed by atoms with E-state index in [-0.39, 0.29) is 11.8 Å². The first kappa shape index (κ1) is 17.3. The number of piperidine rings is 1. The second-order valence-electron chi connectivity index (χ2n) is 6.17. The quantitative estimate of drug-likeness (QED) is 0.843. The van der Waals surface area contributed by atoms with Crippen LogP contribution < -0.4 is 5.32 Å². The molecule has 1 N–H and O–H groups in total. The van der Waals surface area contributed by atoms with E-state index < -0.39 is 0 Å². The molecular weight excluding hydrogens is 343 g/mol. The third-order valence-electron chi connectivity index (χ3n) is 4.33. The van der Waals surface area contributed by atoms with Gasteiger partial charge in [0, 0.05) is 18.1 Å². The van der Waals surface area contributed by atoms with Gasteiger partial charge in [0.05, 0.1) is 16.6 Å². The Morgan fingerprint density at radius 2 is 1.88 bits per heavy atom. The van der Waals surface area contributed by atoms with Crippen molar-refractivity contribution in [3.8, 4) is 0 Å². The maximum Gasteiger partial charge on any atom is 0.228 e. The van der Waals surface area contributed by atoms with Crippen molar-refractivity contribution in [1.82, 2.24) is 4.90 Å². The minimum Gasteiger partial charge on any atom is -0.324 e. The second-order valence-corrected chi connectivity index (χ2v) is 7.01. The monoisotopic (exact) mass is 362 g/mol. The van der Waals surface area contributed by atoms with Crippen LogP contribution in [0.5, 0.6) is 0 Å². The van der Waals surface area contributed by atoms with Crippen molar-refractivity contribution in [2.24, 2.45) is 5.92 Å². The van der Waals surface area contributed by atoms with E-state index in [0.29, 0.717) is 10.7 Å². The average Bonchev–Trinajstić information content (AvgIpc) is 2.59. The number of hydrogen-bond acceptors (Lipinski definition) is 2. The van der Waals surface area contributed by atoms with Crippen LogP contribution in [0.2, 0.25) is 10.0 Å². The molecule has 1 fully saturated rings. The van der Waals surface area contributed by atoms with Crippen molar-refractivity contribution in [2.45, 2.75) is 19.4 Å². The van der Waals surface area contributed by atoms with E-state index in [0.717, 1.165) is 37.5 Å². The lowest BCUT2D eigenvalue weighted by Gasteiger charge is -2.32. The molecule has 1 saturated heterocycles. The molecule has 3 rings (SSSR count). The maximum absolute atomic E-state index is 12.5. The standard InChI is InChI=1S/C19H20Cl2N2O/c20-16-9-7-14(8-10-16)12-23-11-3-4-15(13-23)19(24)22-18-6-2-1-5-17(18)21/h1-2,5-10,15H,3-4,11-13H2,(H,22,24)/t15-/m1/s1. The molecule has 1 heterocycles. The molecule has 5 heteroatoms. The van der Waals surface area contributed by atoms with E-state index in [9.17, 15) is 4.79 Å². The van der Waals surface area contributed by atoms with Gasteiger partial charge < -0.3 is 5.32 Å². The summed E-state index contributed by atoms with van der Waals surface area (Å²) in [6, 6.07) is 15.2. The third-order valence-corrected chi connectivity index (χ3v) is 4.91. The van der Waals surface area contributed by atoms with Crippen molar-refractivity contribution in [3.63, 3.8) is 0 Å². The number of nitrogens with zero attached hydrogens (tertiary/aromatic N) is 1. The molecule has 0 unspecified atom stereocenters. The minimum absolute atomic E-state index is 0.0117. The summed E-state index contributed by atoms with van der Waals surface area (Å²) in [6.07, 6.45) is 1.93. The number of rotatable bonds is 4. The summed E-state index contributed by atoms with van der Waals surface area (Å²) in [7, 11) is 0. The highest BCUT2D eigenvalue weighted by molar-refractivity contribution is 6.33. The molecule has 24 heavy (non-hydrogen) atoms. The molecule has 2 aromatic rings. The Labute approximate surface area is 152 Å². The van der Waals surface area contributed by atoms with Crippen molar-refractivity contribution in [2.75, 3.05) is 18.4 Å². The topological polar surface area (TPSA) is 32.3 Å². The SMILES string of the molecule is O=C(Nc1ccccc1Cl)[C@@H]1CCCN(Cc2ccc(Cl)cc2)C1. The molecule has 0 bridgehead atoms. The van der Waals surface area contributed by atoms with E-state index in [2.05, 4.69) is 10.2 Å². The van der Waals surface area contributed by atoms with Crippen LogP contribution in [0.1, 0.15) is 18.4 Å². The zero-order chi connectivity index (χ0) is 16.9. The number of carbonyl (C=O) groups is 1. The number of halogens is 2. The maximum atomic E-state index is 12.5. The van der Waals surface area contributed by atoms with E-state index >= 15 is 0 Å². The molecule has 1 aliphatic rings. The number of para-hydroxylation sites is 1. The van der Waals surface area contributed by atoms with Crippen LogP contribution >= 0.6 is 23.2 Å². The summed E-state index contributed by atoms with van der Waals surface area (Å²) in [5, 5.41) is 4.27. The minimum atomic E-state index is -0.0117. The summed E-state index contributed by atoms with van der Waals surface area (Å²) in [5.74, 6) is 0.0335. The van der Waals surface area contributed by atoms with Crippen LogP contribution in [0.25, 0.3) is 0 Å². The van der Waals surface area contributed by atoms with Gasteiger partial charge in [-0.2, -0.15) is 0 Å². The Morgan fingerprint density at radius 3 is 2.62 bits per heavy atom. The number of amides is 1. The predicted molar refractivity (Wildman–Crippen MR) is 99.5 cm³/mol. The molecule has 0 spiro atoms. The van der Waals surface area contributed by atoms with Gasteiger partial charge in [-0.25, -0.2) is 0 Å². The van der Waals surface area contributed by atoms with Gasteiger partial charge >= 0.3 is 0 Å². The molecule has 2 aromatic carbocycles. The molecule has 1 aliphatic heterocycles. The van der Waals surface area contributed by atoms with Crippen LogP contribution in [0.4, 0.5) is 5.69 Å². The smallest absolute Gasteiger partial charge is 0.228 e. The lowest BCUT2D eigenvalue weighted by atomic mass is 9.96. The molecule has 0 aromatic heterocycles. The van der Waals surface area contributed by atoms with E-state index in [4.69, 9.17) is 23.2 Å². The zero-order valence-corrected chi connectivity index (χ0v) is 14.9. The van der Waals surface area contributed by atoms with Gasteiger partial charge in [0.15, 0.2) is 0 Å². The van der Waals surface area contributed by atoms with E-state index in [1.54, 1.807) is 6.07 Å². The van der Waals surface area contributed by atoms with Crippen LogP contribution in [0.3, 0.4) is 0 Å².